The summed E-state index contributed by atoms with van der Waals surface area (Å²) >= 11 is 0. The van der Waals surface area contributed by atoms with E-state index in [1.54, 1.807) is 11.8 Å². The third-order valence-electron chi connectivity index (χ3n) is 7.01. The maximum absolute atomic E-state index is 13.0. The molecule has 3 rings (SSSR count). The summed E-state index contributed by atoms with van der Waals surface area (Å²) in [5, 5.41) is 8.44. The van der Waals surface area contributed by atoms with Crippen LogP contribution in [0.4, 0.5) is 0 Å². The minimum atomic E-state index is -0.0247. The largest absolute Gasteiger partial charge is 0.479 e. The van der Waals surface area contributed by atoms with E-state index in [9.17, 15) is 9.59 Å². The zero-order valence-electron chi connectivity index (χ0n) is 22.7. The molecular formula is C26H42N6O3. The molecule has 9 nitrogen and oxygen atoms in total. The van der Waals surface area contributed by atoms with Crippen molar-refractivity contribution in [1.29, 1.82) is 0 Å². The van der Waals surface area contributed by atoms with Crippen LogP contribution in [0.2, 0.25) is 0 Å². The molecule has 1 aliphatic rings. The van der Waals surface area contributed by atoms with E-state index in [4.69, 9.17) is 9.72 Å². The fraction of sp³-hybridized carbons (Fsp3) is 0.692. The Morgan fingerprint density at radius 3 is 2.46 bits per heavy atom. The number of rotatable bonds is 9. The van der Waals surface area contributed by atoms with Crippen LogP contribution in [0.25, 0.3) is 11.0 Å². The van der Waals surface area contributed by atoms with Crippen LogP contribution in [0.5, 0.6) is 5.88 Å². The molecule has 0 radical (unpaired) electrons. The lowest BCUT2D eigenvalue weighted by molar-refractivity contribution is -0.135. The van der Waals surface area contributed by atoms with Gasteiger partial charge in [-0.1, -0.05) is 13.8 Å². The van der Waals surface area contributed by atoms with Crippen molar-refractivity contribution in [1.82, 2.24) is 29.9 Å². The van der Waals surface area contributed by atoms with Crippen molar-refractivity contribution in [2.75, 3.05) is 47.4 Å². The van der Waals surface area contributed by atoms with Crippen LogP contribution in [-0.2, 0) is 23.1 Å². The number of likely N-dealkylation sites (tertiary alicyclic amines) is 1. The molecule has 3 heterocycles. The minimum Gasteiger partial charge on any atom is -0.479 e. The highest BCUT2D eigenvalue weighted by Crippen LogP contribution is 2.30. The summed E-state index contributed by atoms with van der Waals surface area (Å²) < 4.78 is 7.17. The predicted molar refractivity (Wildman–Crippen MR) is 138 cm³/mol. The number of ether oxygens (including phenoxy) is 1. The Balaban J connectivity index is 1.54. The first kappa shape index (κ1) is 26.9. The molecule has 1 fully saturated rings. The van der Waals surface area contributed by atoms with Crippen molar-refractivity contribution >= 4 is 22.8 Å². The van der Waals surface area contributed by atoms with Gasteiger partial charge in [-0.05, 0) is 63.7 Å². The molecule has 1 aliphatic heterocycles. The van der Waals surface area contributed by atoms with Crippen LogP contribution < -0.4 is 10.1 Å². The normalized spacial score (nSPS) is 15.2. The second-order valence-corrected chi connectivity index (χ2v) is 10.9. The minimum absolute atomic E-state index is 0.0177. The second-order valence-electron chi connectivity index (χ2n) is 10.9. The quantitative estimate of drug-likeness (QED) is 0.585. The molecule has 0 spiro atoms. The van der Waals surface area contributed by atoms with Crippen molar-refractivity contribution in [2.24, 2.45) is 18.4 Å². The van der Waals surface area contributed by atoms with Gasteiger partial charge in [-0.25, -0.2) is 9.67 Å². The van der Waals surface area contributed by atoms with Crippen LogP contribution >= 0.6 is 0 Å². The van der Waals surface area contributed by atoms with Gasteiger partial charge in [0.25, 0.3) is 0 Å². The third-order valence-corrected chi connectivity index (χ3v) is 7.01. The van der Waals surface area contributed by atoms with E-state index in [-0.39, 0.29) is 23.1 Å². The summed E-state index contributed by atoms with van der Waals surface area (Å²) in [6, 6.07) is 0. The van der Waals surface area contributed by atoms with E-state index in [0.29, 0.717) is 51.2 Å². The molecule has 194 valence electrons. The topological polar surface area (TPSA) is 92.6 Å². The summed E-state index contributed by atoms with van der Waals surface area (Å²) in [6.07, 6.45) is 2.47. The van der Waals surface area contributed by atoms with Crippen LogP contribution in [0, 0.1) is 25.2 Å². The number of methoxy groups -OCH3 is 1. The zero-order valence-corrected chi connectivity index (χ0v) is 22.7. The molecule has 35 heavy (non-hydrogen) atoms. The first-order chi connectivity index (χ1) is 16.4. The molecule has 9 heteroatoms. The fourth-order valence-electron chi connectivity index (χ4n) is 5.27. The summed E-state index contributed by atoms with van der Waals surface area (Å²) in [4.78, 5) is 34.4. The smallest absolute Gasteiger partial charge is 0.242 e. The fourth-order valence-corrected chi connectivity index (χ4v) is 5.27. The number of carbonyl (C=O) groups is 2. The van der Waals surface area contributed by atoms with Gasteiger partial charge in [-0.3, -0.25) is 9.59 Å². The Morgan fingerprint density at radius 2 is 1.86 bits per heavy atom. The number of aryl methyl sites for hydroxylation is 3. The summed E-state index contributed by atoms with van der Waals surface area (Å²) in [5.41, 5.74) is 3.87. The Labute approximate surface area is 209 Å². The van der Waals surface area contributed by atoms with Crippen LogP contribution in [0.3, 0.4) is 0 Å². The van der Waals surface area contributed by atoms with Gasteiger partial charge in [0.2, 0.25) is 17.7 Å². The van der Waals surface area contributed by atoms with E-state index in [0.717, 1.165) is 34.4 Å². The molecule has 2 amide bonds. The Bertz CT molecular complexity index is 1070. The van der Waals surface area contributed by atoms with Gasteiger partial charge >= 0.3 is 0 Å². The number of nitrogens with zero attached hydrogens (tertiary/aromatic N) is 5. The highest BCUT2D eigenvalue weighted by molar-refractivity contribution is 5.86. The van der Waals surface area contributed by atoms with E-state index in [1.807, 2.05) is 39.9 Å². The zero-order chi connectivity index (χ0) is 25.9. The van der Waals surface area contributed by atoms with Gasteiger partial charge in [0.05, 0.1) is 12.5 Å². The van der Waals surface area contributed by atoms with Crippen molar-refractivity contribution in [3.63, 3.8) is 0 Å². The number of hydrogen-bond acceptors (Lipinski definition) is 6. The Hall–Kier alpha value is -2.68. The van der Waals surface area contributed by atoms with Gasteiger partial charge in [-0.15, -0.1) is 5.10 Å². The number of piperidine rings is 1. The van der Waals surface area contributed by atoms with Gasteiger partial charge in [-0.2, -0.15) is 0 Å². The van der Waals surface area contributed by atoms with Crippen LogP contribution in [-0.4, -0.2) is 83.8 Å². The molecule has 0 bridgehead atoms. The lowest BCUT2D eigenvalue weighted by Crippen LogP contribution is -2.46. The van der Waals surface area contributed by atoms with Gasteiger partial charge < -0.3 is 19.9 Å². The van der Waals surface area contributed by atoms with Gasteiger partial charge in [0.1, 0.15) is 0 Å². The van der Waals surface area contributed by atoms with Crippen molar-refractivity contribution in [3.8, 4) is 5.88 Å². The molecule has 1 saturated heterocycles. The number of carbonyl (C=O) groups excluding carboxylic acids is 2. The Kier molecular flexibility index (Phi) is 8.41. The standard InChI is InChI=1S/C26H42N6O3/c1-17-20(18(2)28-23-22(17)25(35-8)29-31(23)7)9-10-21(33)32-13-11-19(12-14-32)24(34)27-15-26(3,4)16-30(5)6/h19H,9-16H2,1-8H3,(H,27,34). The lowest BCUT2D eigenvalue weighted by atomic mass is 9.91. The van der Waals surface area contributed by atoms with Gasteiger partial charge in [0, 0.05) is 51.3 Å². The monoisotopic (exact) mass is 486 g/mol. The number of pyridine rings is 1. The average molecular weight is 487 g/mol. The maximum atomic E-state index is 13.0. The molecule has 0 unspecified atom stereocenters. The third kappa shape index (κ3) is 6.31. The first-order valence-corrected chi connectivity index (χ1v) is 12.5. The average Bonchev–Trinajstić information content (AvgIpc) is 3.12. The lowest BCUT2D eigenvalue weighted by Gasteiger charge is -2.33. The van der Waals surface area contributed by atoms with Crippen LogP contribution in [0.15, 0.2) is 0 Å². The molecular weight excluding hydrogens is 444 g/mol. The van der Waals surface area contributed by atoms with Crippen LogP contribution in [0.1, 0.15) is 49.9 Å². The van der Waals surface area contributed by atoms with Crippen molar-refractivity contribution in [3.05, 3.63) is 16.8 Å². The molecule has 2 aromatic rings. The summed E-state index contributed by atoms with van der Waals surface area (Å²) in [5.74, 6) is 0.780. The van der Waals surface area contributed by atoms with E-state index in [2.05, 4.69) is 29.2 Å². The SMILES string of the molecule is COc1nn(C)c2nc(C)c(CCC(=O)N3CCC(C(=O)NCC(C)(C)CN(C)C)CC3)c(C)c12. The molecule has 0 saturated carbocycles. The number of fused-ring (bicyclic) bond motifs is 1. The number of hydrogen-bond donors (Lipinski definition) is 1. The highest BCUT2D eigenvalue weighted by Gasteiger charge is 2.29. The number of nitrogens with one attached hydrogen (secondary N) is 1. The molecule has 1 N–H and O–H groups in total. The van der Waals surface area contributed by atoms with Gasteiger partial charge in [0.15, 0.2) is 5.65 Å². The number of amides is 2. The molecule has 0 atom stereocenters. The van der Waals surface area contributed by atoms with E-state index >= 15 is 0 Å². The molecule has 0 aromatic carbocycles. The van der Waals surface area contributed by atoms with E-state index in [1.165, 1.54) is 0 Å². The number of aromatic nitrogens is 3. The predicted octanol–water partition coefficient (Wildman–Crippen LogP) is 2.47. The Morgan fingerprint density at radius 1 is 1.20 bits per heavy atom. The van der Waals surface area contributed by atoms with Crippen molar-refractivity contribution < 1.29 is 14.3 Å². The molecule has 0 aliphatic carbocycles. The summed E-state index contributed by atoms with van der Waals surface area (Å²) in [6.45, 7) is 11.2. The second kappa shape index (κ2) is 10.9. The first-order valence-electron chi connectivity index (χ1n) is 12.5. The van der Waals surface area contributed by atoms with E-state index < -0.39 is 0 Å². The highest BCUT2D eigenvalue weighted by atomic mass is 16.5. The maximum Gasteiger partial charge on any atom is 0.242 e. The summed E-state index contributed by atoms with van der Waals surface area (Å²) in [7, 11) is 7.56. The molecule has 2 aromatic heterocycles. The van der Waals surface area contributed by atoms with Crippen molar-refractivity contribution in [2.45, 2.75) is 53.4 Å².